The molecule has 0 amide bonds. The predicted molar refractivity (Wildman–Crippen MR) is 34.0 cm³/mol. The van der Waals surface area contributed by atoms with Crippen LogP contribution in [0.5, 0.6) is 0 Å². The Labute approximate surface area is 65.4 Å². The summed E-state index contributed by atoms with van der Waals surface area (Å²) in [7, 11) is 0. The summed E-state index contributed by atoms with van der Waals surface area (Å²) in [5.74, 6) is 0. The topological polar surface area (TPSA) is 0 Å². The van der Waals surface area contributed by atoms with Crippen LogP contribution in [0.15, 0.2) is 0 Å². The third-order valence-corrected chi connectivity index (χ3v) is 0. The Bertz CT molecular complexity index is 23.0. The molecule has 6 heavy (non-hydrogen) atoms. The number of rotatable bonds is 0. The molecule has 0 aromatic carbocycles. The minimum Gasteiger partial charge on any atom is 0.316 e. The molecule has 0 rings (SSSR count). The first-order chi connectivity index (χ1) is 2.00. The maximum atomic E-state index is 2.19. The Morgan fingerprint density at radius 1 is 1.17 bits per heavy atom. The van der Waals surface area contributed by atoms with Crippen LogP contribution >= 0.6 is 0 Å². The zero-order valence-electron chi connectivity index (χ0n) is 4.50. The van der Waals surface area contributed by atoms with Gasteiger partial charge in [0.1, 0.15) is 0 Å². The third kappa shape index (κ3) is 54.9. The first kappa shape index (κ1) is 10.4. The number of hydrogen-bond acceptors (Lipinski definition) is 0. The summed E-state index contributed by atoms with van der Waals surface area (Å²) in [5, 5.41) is 0. The monoisotopic (exact) mass is 90.1 g/mol. The van der Waals surface area contributed by atoms with Crippen LogP contribution in [-0.4, -0.2) is 40.8 Å². The van der Waals surface area contributed by atoms with Crippen LogP contribution in [0.3, 0.4) is 0 Å². The van der Waals surface area contributed by atoms with Gasteiger partial charge in [-0.05, 0) is 0 Å². The molecule has 0 bridgehead atoms. The SMILES string of the molecule is [Li][C](C)(C)C.[MgH2]. The molecule has 0 aliphatic rings. The molecule has 0 unspecified atom stereocenters. The number of hydrogen-bond donors (Lipinski definition) is 0. The largest absolute Gasteiger partial charge is 0.316 e. The van der Waals surface area contributed by atoms with Crippen molar-refractivity contribution in [3.05, 3.63) is 0 Å². The van der Waals surface area contributed by atoms with E-state index in [1.807, 2.05) is 0 Å². The van der Waals surface area contributed by atoms with E-state index in [1.165, 1.54) is 0 Å². The van der Waals surface area contributed by atoms with Gasteiger partial charge in [-0.2, -0.15) is 0 Å². The second-order valence-corrected chi connectivity index (χ2v) is 3.00. The van der Waals surface area contributed by atoms with E-state index < -0.39 is 0 Å². The van der Waals surface area contributed by atoms with Crippen molar-refractivity contribution < 1.29 is 0 Å². The molecule has 0 atom stereocenters. The molecule has 0 aliphatic carbocycles. The summed E-state index contributed by atoms with van der Waals surface area (Å²) in [4.78, 5) is 0. The van der Waals surface area contributed by atoms with E-state index in [-0.39, 0.29) is 23.1 Å². The molecule has 2 heteroatoms. The van der Waals surface area contributed by atoms with Crippen LogP contribution < -0.4 is 0 Å². The first-order valence-corrected chi connectivity index (χ1v) is 2.00. The fraction of sp³-hybridized carbons (Fsp3) is 1.00. The van der Waals surface area contributed by atoms with Crippen LogP contribution in [-0.2, 0) is 0 Å². The first-order valence-electron chi connectivity index (χ1n) is 2.00. The molecule has 0 saturated heterocycles. The van der Waals surface area contributed by atoms with Gasteiger partial charge in [0.05, 0.1) is 0 Å². The van der Waals surface area contributed by atoms with Gasteiger partial charge in [0.2, 0.25) is 0 Å². The van der Waals surface area contributed by atoms with E-state index in [0.29, 0.717) is 4.09 Å². The summed E-state index contributed by atoms with van der Waals surface area (Å²) in [5.41, 5.74) is 0. The van der Waals surface area contributed by atoms with Crippen LogP contribution in [0, 0.1) is 0 Å². The maximum absolute atomic E-state index is 2.19. The molecule has 0 aromatic heterocycles. The van der Waals surface area contributed by atoms with Gasteiger partial charge in [0, 0.05) is 0 Å². The van der Waals surface area contributed by atoms with Crippen LogP contribution in [0.4, 0.5) is 0 Å². The Balaban J connectivity index is 0. The molecule has 0 aliphatic heterocycles. The average Bonchev–Trinajstić information content (AvgIpc) is 0.722. The fourth-order valence-electron chi connectivity index (χ4n) is 0. The maximum Gasteiger partial charge on any atom is 0.316 e. The molecule has 0 spiro atoms. The molecule has 0 saturated carbocycles. The fourth-order valence-corrected chi connectivity index (χ4v) is 0. The van der Waals surface area contributed by atoms with Crippen molar-refractivity contribution in [3.63, 3.8) is 0 Å². The van der Waals surface area contributed by atoms with Crippen molar-refractivity contribution >= 4 is 40.8 Å². The second kappa shape index (κ2) is 3.38. The predicted octanol–water partition coefficient (Wildman–Crippen LogP) is 0.457. The summed E-state index contributed by atoms with van der Waals surface area (Å²) in [6.07, 6.45) is 0. The summed E-state index contributed by atoms with van der Waals surface area (Å²) in [6.45, 7) is 6.56. The normalized spacial score (nSPS) is 10.2. The molecule has 0 fully saturated rings. The molecular formula is C4H11LiMg. The van der Waals surface area contributed by atoms with E-state index in [0.717, 1.165) is 0 Å². The summed E-state index contributed by atoms with van der Waals surface area (Å²) < 4.78 is 0.500. The van der Waals surface area contributed by atoms with Crippen molar-refractivity contribution in [2.75, 3.05) is 0 Å². The van der Waals surface area contributed by atoms with Crippen molar-refractivity contribution in [3.8, 4) is 0 Å². The molecule has 30 valence electrons. The quantitative estimate of drug-likeness (QED) is 0.379. The van der Waals surface area contributed by atoms with Crippen molar-refractivity contribution in [1.82, 2.24) is 0 Å². The Morgan fingerprint density at radius 2 is 1.17 bits per heavy atom. The van der Waals surface area contributed by atoms with Crippen LogP contribution in [0.2, 0.25) is 4.09 Å². The van der Waals surface area contributed by atoms with Gasteiger partial charge in [-0.1, -0.05) is 0 Å². The van der Waals surface area contributed by atoms with Crippen LogP contribution in [0.1, 0.15) is 20.8 Å². The van der Waals surface area contributed by atoms with Crippen molar-refractivity contribution in [1.29, 1.82) is 0 Å². The van der Waals surface area contributed by atoms with Crippen molar-refractivity contribution in [2.45, 2.75) is 24.9 Å². The van der Waals surface area contributed by atoms with Gasteiger partial charge < -0.3 is 0 Å². The smallest absolute Gasteiger partial charge is 0.316 e. The van der Waals surface area contributed by atoms with Crippen LogP contribution in [0.25, 0.3) is 0 Å². The molecule has 0 heterocycles. The van der Waals surface area contributed by atoms with E-state index in [2.05, 4.69) is 38.5 Å². The molecule has 0 N–H and O–H groups in total. The minimum absolute atomic E-state index is 0. The molecular weight excluding hydrogens is 79.3 g/mol. The van der Waals surface area contributed by atoms with Gasteiger partial charge in [0.15, 0.2) is 0 Å². The standard InChI is InChI=1S/C4H9.Li.Mg.2H/c1-4(2)3;;;;/h1-3H3;;;;. The Kier molecular flexibility index (Phi) is 5.83. The van der Waals surface area contributed by atoms with E-state index in [1.54, 1.807) is 0 Å². The van der Waals surface area contributed by atoms with E-state index in [9.17, 15) is 0 Å². The zero-order valence-corrected chi connectivity index (χ0v) is 4.50. The third-order valence-electron chi connectivity index (χ3n) is 0. The van der Waals surface area contributed by atoms with Gasteiger partial charge in [0.25, 0.3) is 0 Å². The minimum atomic E-state index is 0. The summed E-state index contributed by atoms with van der Waals surface area (Å²) in [6, 6.07) is 0. The molecule has 0 nitrogen and oxygen atoms in total. The second-order valence-electron chi connectivity index (χ2n) is 3.00. The molecule has 0 radical (unpaired) electrons. The molecule has 0 aromatic rings. The Morgan fingerprint density at radius 3 is 1.17 bits per heavy atom. The zero-order chi connectivity index (χ0) is 4.50. The van der Waals surface area contributed by atoms with E-state index >= 15 is 0 Å². The average molecular weight is 90.4 g/mol. The van der Waals surface area contributed by atoms with Gasteiger partial charge in [-0.25, -0.2) is 0 Å². The summed E-state index contributed by atoms with van der Waals surface area (Å²) >= 11 is 2.19. The van der Waals surface area contributed by atoms with Crippen molar-refractivity contribution in [2.24, 2.45) is 0 Å². The van der Waals surface area contributed by atoms with Gasteiger partial charge in [-0.15, -0.1) is 0 Å². The van der Waals surface area contributed by atoms with Gasteiger partial charge >= 0.3 is 65.6 Å². The van der Waals surface area contributed by atoms with Gasteiger partial charge in [-0.3, -0.25) is 0 Å². The Hall–Kier alpha value is 1.36. The van der Waals surface area contributed by atoms with E-state index in [4.69, 9.17) is 0 Å².